The molecule has 0 amide bonds. The SMILES string of the molecule is C=CCCc1ccc(C#Cc2ccc(CCC3CCC(CCCCCC)CC3)cc2)cc1. The van der Waals surface area contributed by atoms with Crippen LogP contribution in [0, 0.1) is 23.7 Å². The minimum atomic E-state index is 0.941. The summed E-state index contributed by atoms with van der Waals surface area (Å²) >= 11 is 0. The van der Waals surface area contributed by atoms with Crippen molar-refractivity contribution in [3.8, 4) is 11.8 Å². The molecule has 170 valence electrons. The summed E-state index contributed by atoms with van der Waals surface area (Å²) in [5, 5.41) is 0. The largest absolute Gasteiger partial charge is 0.103 e. The van der Waals surface area contributed by atoms with Gasteiger partial charge in [0.05, 0.1) is 0 Å². The van der Waals surface area contributed by atoms with Gasteiger partial charge in [-0.2, -0.15) is 0 Å². The fraction of sp³-hybridized carbons (Fsp3) is 0.500. The molecule has 0 nitrogen and oxygen atoms in total. The first-order valence-electron chi connectivity index (χ1n) is 13.1. The first kappa shape index (κ1) is 24.4. The molecule has 3 rings (SSSR count). The third-order valence-electron chi connectivity index (χ3n) is 7.17. The van der Waals surface area contributed by atoms with Crippen LogP contribution in [0.2, 0.25) is 0 Å². The van der Waals surface area contributed by atoms with Crippen molar-refractivity contribution >= 4 is 0 Å². The molecule has 1 saturated carbocycles. The molecule has 0 N–H and O–H groups in total. The van der Waals surface area contributed by atoms with Gasteiger partial charge in [-0.15, -0.1) is 6.58 Å². The van der Waals surface area contributed by atoms with Gasteiger partial charge in [0.25, 0.3) is 0 Å². The number of aryl methyl sites for hydroxylation is 2. The zero-order chi connectivity index (χ0) is 22.4. The van der Waals surface area contributed by atoms with E-state index >= 15 is 0 Å². The van der Waals surface area contributed by atoms with E-state index in [0.717, 1.165) is 35.8 Å². The molecule has 0 aromatic heterocycles. The maximum atomic E-state index is 3.79. The Morgan fingerprint density at radius 1 is 0.719 bits per heavy atom. The lowest BCUT2D eigenvalue weighted by atomic mass is 9.77. The van der Waals surface area contributed by atoms with Gasteiger partial charge in [0, 0.05) is 11.1 Å². The minimum absolute atomic E-state index is 0.941. The van der Waals surface area contributed by atoms with Crippen molar-refractivity contribution in [1.82, 2.24) is 0 Å². The highest BCUT2D eigenvalue weighted by molar-refractivity contribution is 5.44. The van der Waals surface area contributed by atoms with Crippen molar-refractivity contribution in [3.05, 3.63) is 83.4 Å². The van der Waals surface area contributed by atoms with Crippen LogP contribution in [0.4, 0.5) is 0 Å². The van der Waals surface area contributed by atoms with Gasteiger partial charge in [-0.05, 0) is 72.9 Å². The third kappa shape index (κ3) is 8.70. The average molecular weight is 427 g/mol. The quantitative estimate of drug-likeness (QED) is 0.191. The molecule has 0 heterocycles. The van der Waals surface area contributed by atoms with Crippen molar-refractivity contribution < 1.29 is 0 Å². The van der Waals surface area contributed by atoms with Crippen molar-refractivity contribution in [1.29, 1.82) is 0 Å². The molecule has 2 aromatic carbocycles. The van der Waals surface area contributed by atoms with E-state index < -0.39 is 0 Å². The van der Waals surface area contributed by atoms with Crippen LogP contribution in [0.1, 0.15) is 99.8 Å². The van der Waals surface area contributed by atoms with Crippen LogP contribution in [0.3, 0.4) is 0 Å². The number of benzene rings is 2. The van der Waals surface area contributed by atoms with Gasteiger partial charge in [0.15, 0.2) is 0 Å². The molecule has 0 unspecified atom stereocenters. The van der Waals surface area contributed by atoms with E-state index in [-0.39, 0.29) is 0 Å². The molecule has 1 aliphatic carbocycles. The first-order chi connectivity index (χ1) is 15.8. The summed E-state index contributed by atoms with van der Waals surface area (Å²) in [5.74, 6) is 8.58. The van der Waals surface area contributed by atoms with Gasteiger partial charge in [0.2, 0.25) is 0 Å². The number of unbranched alkanes of at least 4 members (excludes halogenated alkanes) is 3. The maximum Gasteiger partial charge on any atom is 0.0249 e. The number of allylic oxidation sites excluding steroid dienone is 1. The van der Waals surface area contributed by atoms with E-state index in [0.29, 0.717) is 0 Å². The van der Waals surface area contributed by atoms with E-state index in [1.54, 1.807) is 0 Å². The highest BCUT2D eigenvalue weighted by Crippen LogP contribution is 2.34. The van der Waals surface area contributed by atoms with Crippen molar-refractivity contribution in [2.75, 3.05) is 0 Å². The second kappa shape index (κ2) is 14.0. The van der Waals surface area contributed by atoms with E-state index in [1.807, 2.05) is 6.08 Å². The van der Waals surface area contributed by atoms with Crippen LogP contribution in [-0.2, 0) is 12.8 Å². The van der Waals surface area contributed by atoms with Crippen molar-refractivity contribution in [3.63, 3.8) is 0 Å². The predicted molar refractivity (Wildman–Crippen MR) is 140 cm³/mol. The zero-order valence-corrected chi connectivity index (χ0v) is 20.3. The Kier molecular flexibility index (Phi) is 10.7. The maximum absolute atomic E-state index is 3.79. The summed E-state index contributed by atoms with van der Waals surface area (Å²) in [5.41, 5.74) is 4.99. The Hall–Kier alpha value is -2.26. The smallest absolute Gasteiger partial charge is 0.0249 e. The summed E-state index contributed by atoms with van der Waals surface area (Å²) in [4.78, 5) is 0. The van der Waals surface area contributed by atoms with E-state index in [1.165, 1.54) is 81.8 Å². The van der Waals surface area contributed by atoms with E-state index in [4.69, 9.17) is 0 Å². The zero-order valence-electron chi connectivity index (χ0n) is 20.3. The summed E-state index contributed by atoms with van der Waals surface area (Å²) < 4.78 is 0. The van der Waals surface area contributed by atoms with Crippen LogP contribution in [0.25, 0.3) is 0 Å². The molecule has 32 heavy (non-hydrogen) atoms. The second-order valence-corrected chi connectivity index (χ2v) is 9.75. The lowest BCUT2D eigenvalue weighted by Crippen LogP contribution is -2.15. The average Bonchev–Trinajstić information content (AvgIpc) is 2.85. The highest BCUT2D eigenvalue weighted by Gasteiger charge is 2.20. The molecule has 2 aromatic rings. The third-order valence-corrected chi connectivity index (χ3v) is 7.17. The molecule has 0 aliphatic heterocycles. The number of rotatable bonds is 11. The monoisotopic (exact) mass is 426 g/mol. The molecule has 0 atom stereocenters. The fourth-order valence-electron chi connectivity index (χ4n) is 4.96. The molecule has 1 fully saturated rings. The highest BCUT2D eigenvalue weighted by atomic mass is 14.3. The van der Waals surface area contributed by atoms with Gasteiger partial charge in [-0.1, -0.05) is 107 Å². The molecular formula is C32H42. The normalized spacial score (nSPS) is 18.0. The van der Waals surface area contributed by atoms with Gasteiger partial charge in [-0.3, -0.25) is 0 Å². The Morgan fingerprint density at radius 3 is 1.78 bits per heavy atom. The number of hydrogen-bond donors (Lipinski definition) is 0. The Balaban J connectivity index is 1.38. The van der Waals surface area contributed by atoms with E-state index in [9.17, 15) is 0 Å². The summed E-state index contributed by atoms with van der Waals surface area (Å²) in [6.07, 6.45) is 19.6. The predicted octanol–water partition coefficient (Wildman–Crippen LogP) is 8.91. The Morgan fingerprint density at radius 2 is 1.25 bits per heavy atom. The van der Waals surface area contributed by atoms with Gasteiger partial charge in [0.1, 0.15) is 0 Å². The van der Waals surface area contributed by atoms with Crippen LogP contribution >= 0.6 is 0 Å². The first-order valence-corrected chi connectivity index (χ1v) is 13.1. The topological polar surface area (TPSA) is 0 Å². The van der Waals surface area contributed by atoms with E-state index in [2.05, 4.69) is 73.9 Å². The molecule has 0 heteroatoms. The van der Waals surface area contributed by atoms with Crippen LogP contribution in [-0.4, -0.2) is 0 Å². The molecule has 1 aliphatic rings. The summed E-state index contributed by atoms with van der Waals surface area (Å²) in [6.45, 7) is 6.10. The lowest BCUT2D eigenvalue weighted by molar-refractivity contribution is 0.249. The Bertz CT molecular complexity index is 836. The van der Waals surface area contributed by atoms with Crippen LogP contribution in [0.15, 0.2) is 61.2 Å². The molecule has 0 radical (unpaired) electrons. The molecule has 0 spiro atoms. The van der Waals surface area contributed by atoms with Gasteiger partial charge >= 0.3 is 0 Å². The second-order valence-electron chi connectivity index (χ2n) is 9.75. The minimum Gasteiger partial charge on any atom is -0.103 e. The van der Waals surface area contributed by atoms with Gasteiger partial charge < -0.3 is 0 Å². The Labute approximate surface area is 197 Å². The summed E-state index contributed by atoms with van der Waals surface area (Å²) in [7, 11) is 0. The number of hydrogen-bond acceptors (Lipinski definition) is 0. The lowest BCUT2D eigenvalue weighted by Gasteiger charge is -2.28. The van der Waals surface area contributed by atoms with Crippen molar-refractivity contribution in [2.45, 2.75) is 90.4 Å². The standard InChI is InChI=1S/C32H42/c1-3-5-7-8-10-28-13-17-30(18-14-28)20-22-32-25-23-31(24-26-32)21-19-29-15-11-27(12-16-29)9-6-4-2/h4,11-12,15-16,23-26,28,30H,2-3,5-10,13-14,17-18,20,22H2,1H3. The van der Waals surface area contributed by atoms with Crippen LogP contribution < -0.4 is 0 Å². The van der Waals surface area contributed by atoms with Gasteiger partial charge in [-0.25, -0.2) is 0 Å². The molecule has 0 saturated heterocycles. The van der Waals surface area contributed by atoms with Crippen LogP contribution in [0.5, 0.6) is 0 Å². The fourth-order valence-corrected chi connectivity index (χ4v) is 4.96. The van der Waals surface area contributed by atoms with Crippen molar-refractivity contribution in [2.24, 2.45) is 11.8 Å². The molecular weight excluding hydrogens is 384 g/mol. The summed E-state index contributed by atoms with van der Waals surface area (Å²) in [6, 6.07) is 17.5. The molecule has 0 bridgehead atoms.